The SMILES string of the molecule is CNC(=O)C(NC(=O)C1C[C@H]1c1ccco1)C(C)(C)C. The van der Waals surface area contributed by atoms with E-state index in [1.807, 2.05) is 32.9 Å². The third kappa shape index (κ3) is 3.03. The summed E-state index contributed by atoms with van der Waals surface area (Å²) in [7, 11) is 1.58. The van der Waals surface area contributed by atoms with Crippen LogP contribution in [0.4, 0.5) is 0 Å². The highest BCUT2D eigenvalue weighted by Gasteiger charge is 2.47. The number of hydrogen-bond donors (Lipinski definition) is 2. The van der Waals surface area contributed by atoms with Gasteiger partial charge in [0.15, 0.2) is 0 Å². The van der Waals surface area contributed by atoms with E-state index in [0.29, 0.717) is 0 Å². The van der Waals surface area contributed by atoms with Crippen LogP contribution in [0.3, 0.4) is 0 Å². The van der Waals surface area contributed by atoms with Gasteiger partial charge in [0.1, 0.15) is 11.8 Å². The molecule has 1 aliphatic rings. The van der Waals surface area contributed by atoms with Gasteiger partial charge in [-0.25, -0.2) is 0 Å². The summed E-state index contributed by atoms with van der Waals surface area (Å²) in [6.45, 7) is 5.80. The van der Waals surface area contributed by atoms with Crippen molar-refractivity contribution in [3.05, 3.63) is 24.2 Å². The number of hydrogen-bond acceptors (Lipinski definition) is 3. The van der Waals surface area contributed by atoms with Crippen LogP contribution in [0.2, 0.25) is 0 Å². The molecule has 0 aromatic carbocycles. The number of nitrogens with one attached hydrogen (secondary N) is 2. The van der Waals surface area contributed by atoms with Gasteiger partial charge >= 0.3 is 0 Å². The lowest BCUT2D eigenvalue weighted by atomic mass is 9.86. The van der Waals surface area contributed by atoms with Crippen molar-refractivity contribution in [1.29, 1.82) is 0 Å². The number of amides is 2. The van der Waals surface area contributed by atoms with Gasteiger partial charge < -0.3 is 15.1 Å². The molecule has 20 heavy (non-hydrogen) atoms. The molecule has 2 unspecified atom stereocenters. The fraction of sp³-hybridized carbons (Fsp3) is 0.600. The molecule has 1 heterocycles. The van der Waals surface area contributed by atoms with Crippen molar-refractivity contribution in [3.8, 4) is 0 Å². The Morgan fingerprint density at radius 3 is 2.60 bits per heavy atom. The number of furan rings is 1. The predicted octanol–water partition coefficient (Wildman–Crippen LogP) is 1.66. The van der Waals surface area contributed by atoms with Gasteiger partial charge in [0.25, 0.3) is 0 Å². The van der Waals surface area contributed by atoms with Crippen molar-refractivity contribution in [2.75, 3.05) is 7.05 Å². The minimum atomic E-state index is -0.530. The van der Waals surface area contributed by atoms with E-state index in [4.69, 9.17) is 4.42 Å². The zero-order valence-electron chi connectivity index (χ0n) is 12.4. The fourth-order valence-corrected chi connectivity index (χ4v) is 2.37. The van der Waals surface area contributed by atoms with Crippen LogP contribution in [0.5, 0.6) is 0 Å². The molecule has 0 saturated heterocycles. The van der Waals surface area contributed by atoms with Gasteiger partial charge in [-0.3, -0.25) is 9.59 Å². The monoisotopic (exact) mass is 278 g/mol. The molecule has 1 saturated carbocycles. The highest BCUT2D eigenvalue weighted by atomic mass is 16.3. The second-order valence-electron chi connectivity index (χ2n) is 6.39. The van der Waals surface area contributed by atoms with Crippen LogP contribution in [0.25, 0.3) is 0 Å². The molecule has 1 aromatic rings. The molecule has 1 aliphatic carbocycles. The second kappa shape index (κ2) is 5.31. The van der Waals surface area contributed by atoms with E-state index in [0.717, 1.165) is 12.2 Å². The zero-order valence-corrected chi connectivity index (χ0v) is 12.4. The van der Waals surface area contributed by atoms with Crippen LogP contribution >= 0.6 is 0 Å². The van der Waals surface area contributed by atoms with Crippen molar-refractivity contribution >= 4 is 11.8 Å². The smallest absolute Gasteiger partial charge is 0.242 e. The van der Waals surface area contributed by atoms with Crippen LogP contribution < -0.4 is 10.6 Å². The van der Waals surface area contributed by atoms with Crippen molar-refractivity contribution in [1.82, 2.24) is 10.6 Å². The van der Waals surface area contributed by atoms with E-state index in [1.54, 1.807) is 13.3 Å². The molecule has 1 aromatic heterocycles. The second-order valence-corrected chi connectivity index (χ2v) is 6.39. The summed E-state index contributed by atoms with van der Waals surface area (Å²) in [4.78, 5) is 24.2. The van der Waals surface area contributed by atoms with E-state index >= 15 is 0 Å². The maximum atomic E-state index is 12.3. The molecule has 5 nitrogen and oxygen atoms in total. The molecule has 0 spiro atoms. The minimum Gasteiger partial charge on any atom is -0.469 e. The van der Waals surface area contributed by atoms with Gasteiger partial charge in [-0.1, -0.05) is 20.8 Å². The maximum absolute atomic E-state index is 12.3. The van der Waals surface area contributed by atoms with Gasteiger partial charge in [0.2, 0.25) is 11.8 Å². The summed E-state index contributed by atoms with van der Waals surface area (Å²) in [6.07, 6.45) is 2.40. The van der Waals surface area contributed by atoms with Gasteiger partial charge in [-0.15, -0.1) is 0 Å². The van der Waals surface area contributed by atoms with Crippen molar-refractivity contribution in [2.24, 2.45) is 11.3 Å². The number of rotatable bonds is 4. The Kier molecular flexibility index (Phi) is 3.88. The molecule has 0 bridgehead atoms. The molecule has 1 fully saturated rings. The maximum Gasteiger partial charge on any atom is 0.242 e. The average molecular weight is 278 g/mol. The van der Waals surface area contributed by atoms with Gasteiger partial charge in [0.05, 0.1) is 6.26 Å². The predicted molar refractivity (Wildman–Crippen MR) is 75.0 cm³/mol. The van der Waals surface area contributed by atoms with E-state index in [1.165, 1.54) is 0 Å². The van der Waals surface area contributed by atoms with Gasteiger partial charge in [-0.05, 0) is 24.0 Å². The molecule has 2 amide bonds. The van der Waals surface area contributed by atoms with Crippen LogP contribution in [-0.2, 0) is 9.59 Å². The molecule has 5 heteroatoms. The van der Waals surface area contributed by atoms with Crippen molar-refractivity contribution < 1.29 is 14.0 Å². The van der Waals surface area contributed by atoms with Crippen LogP contribution in [-0.4, -0.2) is 24.9 Å². The Morgan fingerprint density at radius 1 is 1.40 bits per heavy atom. The highest BCUT2D eigenvalue weighted by molar-refractivity contribution is 5.90. The summed E-state index contributed by atoms with van der Waals surface area (Å²) in [5, 5.41) is 5.47. The Labute approximate surface area is 119 Å². The van der Waals surface area contributed by atoms with E-state index in [9.17, 15) is 9.59 Å². The van der Waals surface area contributed by atoms with Crippen LogP contribution in [0.15, 0.2) is 22.8 Å². The topological polar surface area (TPSA) is 71.3 Å². The summed E-state index contributed by atoms with van der Waals surface area (Å²) < 4.78 is 5.32. The largest absolute Gasteiger partial charge is 0.469 e. The standard InChI is InChI=1S/C15H22N2O3/c1-15(2,3)12(14(19)16-4)17-13(18)10-8-9(10)11-6-5-7-20-11/h5-7,9-10,12H,8H2,1-4H3,(H,16,19)(H,17,18)/t9-,10?,12?/m1/s1. The van der Waals surface area contributed by atoms with Crippen molar-refractivity contribution in [2.45, 2.75) is 39.2 Å². The van der Waals surface area contributed by atoms with E-state index in [2.05, 4.69) is 10.6 Å². The average Bonchev–Trinajstić information content (AvgIpc) is 3.00. The fourth-order valence-electron chi connectivity index (χ4n) is 2.37. The molecule has 110 valence electrons. The molecule has 2 N–H and O–H groups in total. The first-order valence-corrected chi connectivity index (χ1v) is 6.90. The molecular formula is C15H22N2O3. The van der Waals surface area contributed by atoms with Crippen molar-refractivity contribution in [3.63, 3.8) is 0 Å². The van der Waals surface area contributed by atoms with Crippen LogP contribution in [0.1, 0.15) is 38.9 Å². The summed E-state index contributed by atoms with van der Waals surface area (Å²) in [5.41, 5.74) is -0.329. The lowest BCUT2D eigenvalue weighted by Crippen LogP contribution is -2.53. The molecule has 0 aliphatic heterocycles. The Morgan fingerprint density at radius 2 is 2.10 bits per heavy atom. The first-order valence-electron chi connectivity index (χ1n) is 6.90. The minimum absolute atomic E-state index is 0.0741. The zero-order chi connectivity index (χ0) is 14.9. The quantitative estimate of drug-likeness (QED) is 0.880. The third-order valence-corrected chi connectivity index (χ3v) is 3.70. The van der Waals surface area contributed by atoms with E-state index in [-0.39, 0.29) is 29.1 Å². The first kappa shape index (κ1) is 14.6. The van der Waals surface area contributed by atoms with E-state index < -0.39 is 6.04 Å². The van der Waals surface area contributed by atoms with Gasteiger partial charge in [0, 0.05) is 18.9 Å². The lowest BCUT2D eigenvalue weighted by molar-refractivity contribution is -0.131. The summed E-state index contributed by atoms with van der Waals surface area (Å²) in [5.74, 6) is 0.666. The van der Waals surface area contributed by atoms with Crippen LogP contribution in [0, 0.1) is 11.3 Å². The first-order chi connectivity index (χ1) is 9.34. The number of likely N-dealkylation sites (N-methyl/N-ethyl adjacent to an activating group) is 1. The summed E-state index contributed by atoms with van der Waals surface area (Å²) in [6, 6.07) is 3.18. The van der Waals surface area contributed by atoms with Gasteiger partial charge in [-0.2, -0.15) is 0 Å². The third-order valence-electron chi connectivity index (χ3n) is 3.70. The lowest BCUT2D eigenvalue weighted by Gasteiger charge is -2.29. The normalized spacial score (nSPS) is 23.0. The molecule has 0 radical (unpaired) electrons. The number of carbonyl (C=O) groups excluding carboxylic acids is 2. The Balaban J connectivity index is 1.98. The molecular weight excluding hydrogens is 256 g/mol. The summed E-state index contributed by atoms with van der Waals surface area (Å²) >= 11 is 0. The Hall–Kier alpha value is -1.78. The molecule has 3 atom stereocenters. The number of carbonyl (C=O) groups is 2. The molecule has 2 rings (SSSR count). The highest BCUT2D eigenvalue weighted by Crippen LogP contribution is 2.47. The Bertz CT molecular complexity index is 488.